The van der Waals surface area contributed by atoms with Crippen LogP contribution in [-0.4, -0.2) is 9.97 Å². The Balaban J connectivity index is 2.34. The van der Waals surface area contributed by atoms with Crippen LogP contribution in [-0.2, 0) is 0 Å². The maximum Gasteiger partial charge on any atom is 0.345 e. The van der Waals surface area contributed by atoms with Crippen molar-refractivity contribution in [3.05, 3.63) is 64.8 Å². The number of hydrogen-bond acceptors (Lipinski definition) is 2. The van der Waals surface area contributed by atoms with Crippen LogP contribution >= 0.6 is 0 Å². The molecule has 0 fully saturated rings. The van der Waals surface area contributed by atoms with Crippen LogP contribution < -0.4 is 5.69 Å². The number of aromatic nitrogens is 2. The van der Waals surface area contributed by atoms with E-state index in [1.807, 2.05) is 24.3 Å². The molecule has 3 aromatic rings. The highest BCUT2D eigenvalue weighted by atomic mass is 19.1. The summed E-state index contributed by atoms with van der Waals surface area (Å²) < 4.78 is 12.9. The summed E-state index contributed by atoms with van der Waals surface area (Å²) >= 11 is 0. The Morgan fingerprint density at radius 3 is 2.50 bits per heavy atom. The largest absolute Gasteiger partial charge is 0.345 e. The number of nitrogens with one attached hydrogen (secondary N) is 1. The average Bonchev–Trinajstić information content (AvgIpc) is 2.38. The van der Waals surface area contributed by atoms with Crippen LogP contribution in [0.15, 0.2) is 53.3 Å². The lowest BCUT2D eigenvalue weighted by molar-refractivity contribution is 0.628. The molecule has 0 aliphatic carbocycles. The van der Waals surface area contributed by atoms with Gasteiger partial charge in [0.1, 0.15) is 5.82 Å². The summed E-state index contributed by atoms with van der Waals surface area (Å²) in [5, 5.41) is 0.837. The first-order valence-corrected chi connectivity index (χ1v) is 5.49. The highest BCUT2D eigenvalue weighted by Crippen LogP contribution is 2.23. The molecule has 0 saturated heterocycles. The molecule has 3 rings (SSSR count). The van der Waals surface area contributed by atoms with Gasteiger partial charge in [-0.3, -0.25) is 0 Å². The molecule has 0 spiro atoms. The van der Waals surface area contributed by atoms with Crippen LogP contribution in [0.4, 0.5) is 4.39 Å². The van der Waals surface area contributed by atoms with E-state index in [4.69, 9.17) is 0 Å². The van der Waals surface area contributed by atoms with Crippen molar-refractivity contribution in [3.63, 3.8) is 0 Å². The summed E-state index contributed by atoms with van der Waals surface area (Å²) in [5.74, 6) is -0.312. The van der Waals surface area contributed by atoms with Crippen molar-refractivity contribution in [1.29, 1.82) is 0 Å². The Morgan fingerprint density at radius 1 is 1.00 bits per heavy atom. The number of hydrogen-bond donors (Lipinski definition) is 1. The lowest BCUT2D eigenvalue weighted by Crippen LogP contribution is -2.11. The summed E-state index contributed by atoms with van der Waals surface area (Å²) in [6, 6.07) is 13.3. The predicted molar refractivity (Wildman–Crippen MR) is 67.8 cm³/mol. The lowest BCUT2D eigenvalue weighted by Gasteiger charge is -2.04. The number of para-hydroxylation sites is 1. The van der Waals surface area contributed by atoms with Crippen molar-refractivity contribution < 1.29 is 4.39 Å². The molecule has 1 heterocycles. The number of fused-ring (bicyclic) bond motifs is 1. The maximum absolute atomic E-state index is 12.9. The third-order valence-electron chi connectivity index (χ3n) is 2.75. The molecule has 88 valence electrons. The SMILES string of the molecule is O=c1nc(-c2ccc(F)cc2)c2ccccc2[nH]1. The van der Waals surface area contributed by atoms with Crippen molar-refractivity contribution in [2.24, 2.45) is 0 Å². The van der Waals surface area contributed by atoms with Gasteiger partial charge in [-0.1, -0.05) is 18.2 Å². The zero-order valence-electron chi connectivity index (χ0n) is 9.35. The minimum absolute atomic E-state index is 0.312. The zero-order valence-corrected chi connectivity index (χ0v) is 9.35. The molecule has 0 radical (unpaired) electrons. The molecule has 1 N–H and O–H groups in total. The van der Waals surface area contributed by atoms with E-state index in [1.165, 1.54) is 12.1 Å². The van der Waals surface area contributed by atoms with Crippen molar-refractivity contribution >= 4 is 10.9 Å². The molecular formula is C14H9FN2O. The fourth-order valence-electron chi connectivity index (χ4n) is 1.93. The Kier molecular flexibility index (Phi) is 2.41. The first-order chi connectivity index (χ1) is 8.74. The molecule has 1 aromatic heterocycles. The van der Waals surface area contributed by atoms with Crippen LogP contribution in [0.3, 0.4) is 0 Å². The Labute approximate surface area is 102 Å². The Morgan fingerprint density at radius 2 is 1.72 bits per heavy atom. The molecule has 0 atom stereocenters. The number of H-pyrrole nitrogens is 1. The molecule has 0 bridgehead atoms. The van der Waals surface area contributed by atoms with Crippen molar-refractivity contribution in [1.82, 2.24) is 9.97 Å². The standard InChI is InChI=1S/C14H9FN2O/c15-10-7-5-9(6-8-10)13-11-3-1-2-4-12(11)16-14(18)17-13/h1-8H,(H,16,17,18). The fraction of sp³-hybridized carbons (Fsp3) is 0. The second-order valence-corrected chi connectivity index (χ2v) is 3.94. The van der Waals surface area contributed by atoms with Crippen LogP contribution in [0.2, 0.25) is 0 Å². The van der Waals surface area contributed by atoms with E-state index < -0.39 is 5.69 Å². The minimum atomic E-state index is -0.409. The van der Waals surface area contributed by atoms with E-state index in [-0.39, 0.29) is 5.82 Å². The summed E-state index contributed by atoms with van der Waals surface area (Å²) in [5.41, 5.74) is 1.60. The van der Waals surface area contributed by atoms with E-state index >= 15 is 0 Å². The van der Waals surface area contributed by atoms with Gasteiger partial charge < -0.3 is 4.98 Å². The number of nitrogens with zero attached hydrogens (tertiary/aromatic N) is 1. The minimum Gasteiger partial charge on any atom is -0.305 e. The van der Waals surface area contributed by atoms with Gasteiger partial charge in [0.2, 0.25) is 0 Å². The molecule has 0 saturated carbocycles. The fourth-order valence-corrected chi connectivity index (χ4v) is 1.93. The Hall–Kier alpha value is -2.49. The van der Waals surface area contributed by atoms with Crippen LogP contribution in [0.1, 0.15) is 0 Å². The number of halogens is 1. The predicted octanol–water partition coefficient (Wildman–Crippen LogP) is 2.73. The van der Waals surface area contributed by atoms with Gasteiger partial charge in [-0.25, -0.2) is 9.18 Å². The highest BCUT2D eigenvalue weighted by Gasteiger charge is 2.07. The average molecular weight is 240 g/mol. The van der Waals surface area contributed by atoms with Crippen LogP contribution in [0.5, 0.6) is 0 Å². The molecule has 0 amide bonds. The molecular weight excluding hydrogens is 231 g/mol. The second-order valence-electron chi connectivity index (χ2n) is 3.94. The Bertz CT molecular complexity index is 763. The van der Waals surface area contributed by atoms with Gasteiger partial charge in [0.15, 0.2) is 0 Å². The first-order valence-electron chi connectivity index (χ1n) is 5.49. The topological polar surface area (TPSA) is 45.8 Å². The van der Waals surface area contributed by atoms with Crippen molar-refractivity contribution in [2.75, 3.05) is 0 Å². The van der Waals surface area contributed by atoms with E-state index in [0.717, 1.165) is 16.5 Å². The van der Waals surface area contributed by atoms with Crippen molar-refractivity contribution in [2.45, 2.75) is 0 Å². The van der Waals surface area contributed by atoms with E-state index in [0.29, 0.717) is 5.69 Å². The molecule has 0 unspecified atom stereocenters. The molecule has 0 aliphatic rings. The molecule has 0 aliphatic heterocycles. The van der Waals surface area contributed by atoms with Gasteiger partial charge >= 0.3 is 5.69 Å². The summed E-state index contributed by atoms with van der Waals surface area (Å²) in [6.07, 6.45) is 0. The lowest BCUT2D eigenvalue weighted by atomic mass is 10.1. The van der Waals surface area contributed by atoms with E-state index in [1.54, 1.807) is 12.1 Å². The van der Waals surface area contributed by atoms with Crippen LogP contribution in [0, 0.1) is 5.82 Å². The third kappa shape index (κ3) is 1.78. The number of benzene rings is 2. The third-order valence-corrected chi connectivity index (χ3v) is 2.75. The van der Waals surface area contributed by atoms with Gasteiger partial charge in [0.05, 0.1) is 11.2 Å². The van der Waals surface area contributed by atoms with Gasteiger partial charge in [0, 0.05) is 10.9 Å². The van der Waals surface area contributed by atoms with E-state index in [2.05, 4.69) is 9.97 Å². The normalized spacial score (nSPS) is 10.7. The molecule has 18 heavy (non-hydrogen) atoms. The monoisotopic (exact) mass is 240 g/mol. The van der Waals surface area contributed by atoms with Gasteiger partial charge in [0.25, 0.3) is 0 Å². The van der Waals surface area contributed by atoms with Gasteiger partial charge in [-0.2, -0.15) is 4.98 Å². The molecule has 4 heteroatoms. The summed E-state index contributed by atoms with van der Waals surface area (Å²) in [4.78, 5) is 18.1. The maximum atomic E-state index is 12.9. The van der Waals surface area contributed by atoms with Gasteiger partial charge in [-0.15, -0.1) is 0 Å². The number of aromatic amines is 1. The highest BCUT2D eigenvalue weighted by molar-refractivity contribution is 5.91. The second kappa shape index (κ2) is 4.07. The van der Waals surface area contributed by atoms with Crippen LogP contribution in [0.25, 0.3) is 22.2 Å². The molecule has 3 nitrogen and oxygen atoms in total. The molecule has 2 aromatic carbocycles. The first kappa shape index (κ1) is 10.7. The quantitative estimate of drug-likeness (QED) is 0.710. The van der Waals surface area contributed by atoms with Crippen molar-refractivity contribution in [3.8, 4) is 11.3 Å². The summed E-state index contributed by atoms with van der Waals surface area (Å²) in [6.45, 7) is 0. The number of rotatable bonds is 1. The smallest absolute Gasteiger partial charge is 0.305 e. The summed E-state index contributed by atoms with van der Waals surface area (Å²) in [7, 11) is 0. The van der Waals surface area contributed by atoms with Gasteiger partial charge in [-0.05, 0) is 30.3 Å². The zero-order chi connectivity index (χ0) is 12.5. The van der Waals surface area contributed by atoms with E-state index in [9.17, 15) is 9.18 Å².